The maximum Gasteiger partial charge on any atom is 0.245 e. The smallest absolute Gasteiger partial charge is 0.245 e. The largest absolute Gasteiger partial charge is 0.362 e. The lowest BCUT2D eigenvalue weighted by Crippen LogP contribution is -2.03. The van der Waals surface area contributed by atoms with E-state index in [-0.39, 0.29) is 4.75 Å². The van der Waals surface area contributed by atoms with Crippen LogP contribution in [-0.2, 0) is 0 Å². The average molecular weight is 248 g/mol. The van der Waals surface area contributed by atoms with Crippen molar-refractivity contribution < 1.29 is 4.79 Å². The van der Waals surface area contributed by atoms with Crippen LogP contribution in [0.1, 0.15) is 52.9 Å². The molecule has 1 fully saturated rings. The van der Waals surface area contributed by atoms with Crippen LogP contribution in [0.5, 0.6) is 0 Å². The first-order valence-electron chi connectivity index (χ1n) is 5.31. The fourth-order valence-corrected chi connectivity index (χ4v) is 1.45. The Morgan fingerprint density at radius 2 is 1.47 bits per heavy atom. The monoisotopic (exact) mass is 248 g/mol. The zero-order valence-electron chi connectivity index (χ0n) is 10.1. The van der Waals surface area contributed by atoms with Crippen molar-refractivity contribution in [2.24, 2.45) is 0 Å². The van der Waals surface area contributed by atoms with E-state index >= 15 is 0 Å². The predicted molar refractivity (Wildman–Crippen MR) is 75.3 cm³/mol. The fraction of sp³-hybridized carbons (Fsp3) is 0.909. The average Bonchev–Trinajstić information content (AvgIpc) is 2.03. The lowest BCUT2D eigenvalue weighted by atomic mass is 10.0. The van der Waals surface area contributed by atoms with Crippen molar-refractivity contribution in [2.75, 3.05) is 0 Å². The molecule has 1 saturated carbocycles. The molecule has 1 aliphatic rings. The van der Waals surface area contributed by atoms with E-state index in [0.717, 1.165) is 5.25 Å². The van der Waals surface area contributed by atoms with Crippen LogP contribution in [-0.4, -0.2) is 21.5 Å². The second-order valence-electron chi connectivity index (χ2n) is 4.60. The zero-order chi connectivity index (χ0) is 12.3. The van der Waals surface area contributed by atoms with E-state index in [9.17, 15) is 0 Å². The van der Waals surface area contributed by atoms with Gasteiger partial charge in [-0.25, -0.2) is 0 Å². The van der Waals surface area contributed by atoms with E-state index in [2.05, 4.69) is 57.5 Å². The highest BCUT2D eigenvalue weighted by molar-refractivity contribution is 7.81. The van der Waals surface area contributed by atoms with E-state index in [1.165, 1.54) is 32.1 Å². The quantitative estimate of drug-likeness (QED) is 0.282. The molecule has 0 heterocycles. The van der Waals surface area contributed by atoms with Crippen LogP contribution in [0.2, 0.25) is 0 Å². The topological polar surface area (TPSA) is 36.4 Å². The molecule has 1 aliphatic carbocycles. The predicted octanol–water partition coefficient (Wildman–Crippen LogP) is 3.88. The van der Waals surface area contributed by atoms with Gasteiger partial charge in [-0.2, -0.15) is 30.0 Å². The van der Waals surface area contributed by atoms with Gasteiger partial charge in [0.25, 0.3) is 0 Å². The molecular formula is C11H24N2S2. The summed E-state index contributed by atoms with van der Waals surface area (Å²) < 4.78 is 0.194. The lowest BCUT2D eigenvalue weighted by Gasteiger charge is -2.14. The molecule has 0 N–H and O–H groups in total. The summed E-state index contributed by atoms with van der Waals surface area (Å²) in [4.78, 5) is 2.25. The number of hydrogen-bond acceptors (Lipinski definition) is 2. The summed E-state index contributed by atoms with van der Waals surface area (Å²) in [6.45, 7) is 8.82. The van der Waals surface area contributed by atoms with Gasteiger partial charge in [-0.15, -0.1) is 0 Å². The molecule has 1 rings (SSSR count). The molecule has 0 aromatic heterocycles. The Morgan fingerprint density at radius 1 is 1.20 bits per heavy atom. The van der Waals surface area contributed by atoms with Crippen LogP contribution in [0.25, 0.3) is 5.53 Å². The van der Waals surface area contributed by atoms with Crippen LogP contribution in [0.3, 0.4) is 0 Å². The van der Waals surface area contributed by atoms with E-state index in [4.69, 9.17) is 5.53 Å². The van der Waals surface area contributed by atoms with Crippen LogP contribution < -0.4 is 0 Å². The molecule has 0 saturated heterocycles. The van der Waals surface area contributed by atoms with Gasteiger partial charge < -0.3 is 5.53 Å². The standard InChI is InChI=1S/C6H12S.C4H10S.CH2N2/c7-6-4-2-1-3-5-6;1-4(2,3)5;1-3-2/h6-7H,1-5H2;5H,1-3H3;1H2. The normalized spacial score (nSPS) is 16.3. The first-order valence-corrected chi connectivity index (χ1v) is 6.28. The van der Waals surface area contributed by atoms with Crippen molar-refractivity contribution in [3.8, 4) is 0 Å². The maximum absolute atomic E-state index is 7.08. The van der Waals surface area contributed by atoms with Crippen molar-refractivity contribution in [1.82, 2.24) is 0 Å². The van der Waals surface area contributed by atoms with E-state index in [1.807, 2.05) is 0 Å². The number of nitrogens with zero attached hydrogens (tertiary/aromatic N) is 2. The fourth-order valence-electron chi connectivity index (χ4n) is 1.08. The van der Waals surface area contributed by atoms with Gasteiger partial charge in [0.15, 0.2) is 0 Å². The minimum Gasteiger partial charge on any atom is -0.362 e. The van der Waals surface area contributed by atoms with Crippen LogP contribution >= 0.6 is 25.3 Å². The summed E-state index contributed by atoms with van der Waals surface area (Å²) >= 11 is 8.48. The van der Waals surface area contributed by atoms with Crippen molar-refractivity contribution >= 4 is 32.0 Å². The maximum atomic E-state index is 7.08. The second-order valence-corrected chi connectivity index (χ2v) is 6.68. The Bertz CT molecular complexity index is 158. The Hall–Kier alpha value is 0.0800. The minimum atomic E-state index is 0.194. The highest BCUT2D eigenvalue weighted by atomic mass is 32.1. The molecule has 4 heteroatoms. The third-order valence-electron chi connectivity index (χ3n) is 1.57. The number of hydrogen-bond donors (Lipinski definition) is 2. The lowest BCUT2D eigenvalue weighted by molar-refractivity contribution is 0.0110. The Morgan fingerprint density at radius 3 is 1.60 bits per heavy atom. The Labute approximate surface area is 105 Å². The highest BCUT2D eigenvalue weighted by Crippen LogP contribution is 2.21. The molecule has 0 aromatic rings. The SMILES string of the molecule is C=[N+]=[N-].CC(C)(C)S.SC1CCCCC1. The van der Waals surface area contributed by atoms with E-state index in [1.54, 1.807) is 0 Å². The highest BCUT2D eigenvalue weighted by Gasteiger charge is 2.06. The first-order chi connectivity index (χ1) is 6.81. The van der Waals surface area contributed by atoms with Crippen molar-refractivity contribution in [2.45, 2.75) is 62.9 Å². The third-order valence-corrected chi connectivity index (χ3v) is 2.09. The second kappa shape index (κ2) is 10.6. The van der Waals surface area contributed by atoms with Gasteiger partial charge in [-0.3, -0.25) is 0 Å². The summed E-state index contributed by atoms with van der Waals surface area (Å²) in [5, 5.41) is 0.730. The van der Waals surface area contributed by atoms with E-state index < -0.39 is 0 Å². The molecule has 15 heavy (non-hydrogen) atoms. The summed E-state index contributed by atoms with van der Waals surface area (Å²) in [5.41, 5.74) is 7.08. The minimum absolute atomic E-state index is 0.194. The van der Waals surface area contributed by atoms with Gasteiger partial charge in [-0.05, 0) is 12.8 Å². The molecule has 90 valence electrons. The summed E-state index contributed by atoms with van der Waals surface area (Å²) in [5.74, 6) is 0. The molecule has 0 spiro atoms. The van der Waals surface area contributed by atoms with Gasteiger partial charge in [0.2, 0.25) is 6.72 Å². The van der Waals surface area contributed by atoms with Crippen molar-refractivity contribution in [3.63, 3.8) is 0 Å². The van der Waals surface area contributed by atoms with Crippen molar-refractivity contribution in [1.29, 1.82) is 0 Å². The molecule has 0 aromatic carbocycles. The Balaban J connectivity index is 0. The van der Waals surface area contributed by atoms with E-state index in [0.29, 0.717) is 0 Å². The zero-order valence-corrected chi connectivity index (χ0v) is 11.9. The van der Waals surface area contributed by atoms with Crippen molar-refractivity contribution in [3.05, 3.63) is 5.53 Å². The summed E-state index contributed by atoms with van der Waals surface area (Å²) in [6, 6.07) is 0. The summed E-state index contributed by atoms with van der Waals surface area (Å²) in [6.07, 6.45) is 6.96. The van der Waals surface area contributed by atoms with Crippen LogP contribution in [0.4, 0.5) is 0 Å². The molecule has 0 bridgehead atoms. The van der Waals surface area contributed by atoms with Gasteiger partial charge in [0.05, 0.1) is 0 Å². The number of rotatable bonds is 0. The van der Waals surface area contributed by atoms with Crippen LogP contribution in [0.15, 0.2) is 0 Å². The molecule has 2 nitrogen and oxygen atoms in total. The Kier molecular flexibility index (Phi) is 12.3. The first kappa shape index (κ1) is 17.5. The van der Waals surface area contributed by atoms with Gasteiger partial charge in [0.1, 0.15) is 0 Å². The van der Waals surface area contributed by atoms with Gasteiger partial charge in [0, 0.05) is 10.00 Å². The third kappa shape index (κ3) is 31.5. The molecule has 0 amide bonds. The van der Waals surface area contributed by atoms with Gasteiger partial charge in [-0.1, -0.05) is 40.0 Å². The molecule has 0 atom stereocenters. The molecule has 0 aliphatic heterocycles. The molecule has 0 unspecified atom stereocenters. The molecule has 0 radical (unpaired) electrons. The van der Waals surface area contributed by atoms with Gasteiger partial charge >= 0.3 is 0 Å². The van der Waals surface area contributed by atoms with Crippen LogP contribution in [0, 0.1) is 0 Å². The molecular weight excluding hydrogens is 224 g/mol. The summed E-state index contributed by atoms with van der Waals surface area (Å²) in [7, 11) is 0. The number of thiol groups is 2.